The van der Waals surface area contributed by atoms with Crippen LogP contribution in [0.3, 0.4) is 0 Å². The summed E-state index contributed by atoms with van der Waals surface area (Å²) in [6.45, 7) is 5.80. The minimum absolute atomic E-state index is 0.0387. The van der Waals surface area contributed by atoms with Crippen molar-refractivity contribution in [3.05, 3.63) is 59.7 Å². The molecule has 0 saturated carbocycles. The molecule has 2 aromatic heterocycles. The van der Waals surface area contributed by atoms with Crippen LogP contribution in [0.15, 0.2) is 37.2 Å². The number of allylic oxidation sites excluding steroid dienone is 1. The van der Waals surface area contributed by atoms with E-state index in [-0.39, 0.29) is 17.4 Å². The number of benzene rings is 1. The van der Waals surface area contributed by atoms with Crippen molar-refractivity contribution in [2.45, 2.75) is 37.9 Å². The van der Waals surface area contributed by atoms with Crippen LogP contribution in [-0.4, -0.2) is 49.8 Å². The normalized spacial score (nSPS) is 15.9. The number of aromatic hydroxyl groups is 1. The van der Waals surface area contributed by atoms with Crippen LogP contribution < -0.4 is 4.74 Å². The van der Waals surface area contributed by atoms with E-state index >= 15 is 0 Å². The molecule has 0 amide bonds. The van der Waals surface area contributed by atoms with Gasteiger partial charge in [0.05, 0.1) is 7.11 Å². The van der Waals surface area contributed by atoms with E-state index in [1.165, 1.54) is 7.11 Å². The third-order valence-electron chi connectivity index (χ3n) is 5.77. The van der Waals surface area contributed by atoms with E-state index in [0.29, 0.717) is 50.3 Å². The summed E-state index contributed by atoms with van der Waals surface area (Å²) in [7, 11) is 1.51. The van der Waals surface area contributed by atoms with Crippen LogP contribution in [-0.2, 0) is 19.1 Å². The van der Waals surface area contributed by atoms with Gasteiger partial charge in [0.15, 0.2) is 17.2 Å². The summed E-state index contributed by atoms with van der Waals surface area (Å²) in [6, 6.07) is 4.83. The summed E-state index contributed by atoms with van der Waals surface area (Å²) in [6.07, 6.45) is 0.156. The van der Waals surface area contributed by atoms with E-state index in [1.54, 1.807) is 6.08 Å². The number of methoxy groups -OCH3 is 1. The highest BCUT2D eigenvalue weighted by atomic mass is 19.4. The number of aromatic nitrogens is 4. The van der Waals surface area contributed by atoms with Gasteiger partial charge in [-0.3, -0.25) is 4.90 Å². The first kappa shape index (κ1) is 22.1. The third kappa shape index (κ3) is 4.40. The lowest BCUT2D eigenvalue weighted by atomic mass is 9.92. The lowest BCUT2D eigenvalue weighted by Gasteiger charge is -2.32. The van der Waals surface area contributed by atoms with Crippen LogP contribution in [0, 0.1) is 0 Å². The molecule has 7 nitrogen and oxygen atoms in total. The van der Waals surface area contributed by atoms with E-state index in [9.17, 15) is 18.3 Å². The maximum Gasteiger partial charge on any atom is 0.433 e. The Hall–Kier alpha value is -3.14. The number of piperidine rings is 1. The zero-order valence-corrected chi connectivity index (χ0v) is 17.6. The average Bonchev–Trinajstić information content (AvgIpc) is 3.24. The van der Waals surface area contributed by atoms with Gasteiger partial charge in [0, 0.05) is 23.7 Å². The number of phenols is 1. The van der Waals surface area contributed by atoms with E-state index in [0.717, 1.165) is 28.0 Å². The van der Waals surface area contributed by atoms with E-state index < -0.39 is 11.9 Å². The Bertz CT molecular complexity index is 1120. The Morgan fingerprint density at radius 3 is 2.66 bits per heavy atom. The number of ether oxygens (including phenoxy) is 1. The molecule has 1 saturated heterocycles. The summed E-state index contributed by atoms with van der Waals surface area (Å²) in [5, 5.41) is 13.9. The van der Waals surface area contributed by atoms with Crippen LogP contribution >= 0.6 is 0 Å². The van der Waals surface area contributed by atoms with Gasteiger partial charge in [0.2, 0.25) is 0 Å². The quantitative estimate of drug-likeness (QED) is 0.577. The van der Waals surface area contributed by atoms with Crippen molar-refractivity contribution < 1.29 is 23.0 Å². The number of fused-ring (bicyclic) bond motifs is 1. The summed E-state index contributed by atoms with van der Waals surface area (Å²) in [5.74, 6) is 0.410. The SMILES string of the molecule is C=CCc1cc(CN2CCC(c3cc(C(F)(F)F)n4ncnc4n3)CC2)cc(OC)c1O. The fourth-order valence-corrected chi connectivity index (χ4v) is 4.17. The van der Waals surface area contributed by atoms with Crippen molar-refractivity contribution in [1.29, 1.82) is 0 Å². The lowest BCUT2D eigenvalue weighted by Crippen LogP contribution is -2.33. The fraction of sp³-hybridized carbons (Fsp3) is 0.409. The monoisotopic (exact) mass is 447 g/mol. The van der Waals surface area contributed by atoms with Crippen molar-refractivity contribution in [3.63, 3.8) is 0 Å². The molecule has 0 unspecified atom stereocenters. The molecule has 3 aromatic rings. The number of nitrogens with zero attached hydrogens (tertiary/aromatic N) is 5. The molecule has 0 atom stereocenters. The topological polar surface area (TPSA) is 75.8 Å². The highest BCUT2D eigenvalue weighted by Gasteiger charge is 2.36. The third-order valence-corrected chi connectivity index (χ3v) is 5.77. The number of halogens is 3. The van der Waals surface area contributed by atoms with E-state index in [4.69, 9.17) is 4.74 Å². The molecule has 0 aliphatic carbocycles. The molecule has 1 N–H and O–H groups in total. The average molecular weight is 447 g/mol. The van der Waals surface area contributed by atoms with Gasteiger partial charge in [-0.2, -0.15) is 27.8 Å². The first-order valence-electron chi connectivity index (χ1n) is 10.3. The molecule has 1 aliphatic rings. The van der Waals surface area contributed by atoms with Gasteiger partial charge in [-0.1, -0.05) is 12.1 Å². The van der Waals surface area contributed by atoms with Gasteiger partial charge in [0.25, 0.3) is 5.78 Å². The van der Waals surface area contributed by atoms with Gasteiger partial charge in [-0.25, -0.2) is 4.98 Å². The fourth-order valence-electron chi connectivity index (χ4n) is 4.17. The second-order valence-corrected chi connectivity index (χ2v) is 7.88. The zero-order valence-electron chi connectivity index (χ0n) is 17.6. The van der Waals surface area contributed by atoms with Gasteiger partial charge in [-0.05, 0) is 50.0 Å². The molecule has 1 aromatic carbocycles. The highest BCUT2D eigenvalue weighted by Crippen LogP contribution is 2.35. The lowest BCUT2D eigenvalue weighted by molar-refractivity contribution is -0.142. The number of likely N-dealkylation sites (tertiary alicyclic amines) is 1. The van der Waals surface area contributed by atoms with Crippen LogP contribution in [0.4, 0.5) is 13.2 Å². The van der Waals surface area contributed by atoms with Crippen molar-refractivity contribution in [2.75, 3.05) is 20.2 Å². The number of hydrogen-bond donors (Lipinski definition) is 1. The van der Waals surface area contributed by atoms with Crippen LogP contribution in [0.2, 0.25) is 0 Å². The molecule has 3 heterocycles. The van der Waals surface area contributed by atoms with Crippen molar-refractivity contribution in [1.82, 2.24) is 24.5 Å². The first-order chi connectivity index (χ1) is 15.3. The minimum Gasteiger partial charge on any atom is -0.504 e. The van der Waals surface area contributed by atoms with E-state index in [2.05, 4.69) is 26.5 Å². The summed E-state index contributed by atoms with van der Waals surface area (Å²) in [5.41, 5.74) is 1.28. The number of hydrogen-bond acceptors (Lipinski definition) is 6. The summed E-state index contributed by atoms with van der Waals surface area (Å²) in [4.78, 5) is 10.4. The largest absolute Gasteiger partial charge is 0.504 e. The van der Waals surface area contributed by atoms with E-state index in [1.807, 2.05) is 12.1 Å². The summed E-state index contributed by atoms with van der Waals surface area (Å²) < 4.78 is 46.4. The molecular formula is C22H24F3N5O2. The molecule has 32 heavy (non-hydrogen) atoms. The zero-order chi connectivity index (χ0) is 22.9. The Morgan fingerprint density at radius 1 is 1.25 bits per heavy atom. The molecule has 0 spiro atoms. The number of phenolic OH excluding ortho intramolecular Hbond substituents is 1. The van der Waals surface area contributed by atoms with Gasteiger partial charge < -0.3 is 9.84 Å². The van der Waals surface area contributed by atoms with Crippen molar-refractivity contribution >= 4 is 5.78 Å². The van der Waals surface area contributed by atoms with Crippen molar-refractivity contribution in [2.24, 2.45) is 0 Å². The Labute approximate surface area is 183 Å². The predicted octanol–water partition coefficient (Wildman–Crippen LogP) is 3.97. The van der Waals surface area contributed by atoms with Crippen molar-refractivity contribution in [3.8, 4) is 11.5 Å². The molecule has 0 bridgehead atoms. The number of alkyl halides is 3. The number of rotatable bonds is 6. The van der Waals surface area contributed by atoms with Gasteiger partial charge in [-0.15, -0.1) is 6.58 Å². The Balaban J connectivity index is 1.48. The molecule has 170 valence electrons. The minimum atomic E-state index is -4.54. The van der Waals surface area contributed by atoms with Crippen LogP contribution in [0.5, 0.6) is 11.5 Å². The smallest absolute Gasteiger partial charge is 0.433 e. The second kappa shape index (κ2) is 8.78. The Morgan fingerprint density at radius 2 is 2.00 bits per heavy atom. The molecular weight excluding hydrogens is 423 g/mol. The molecule has 10 heteroatoms. The van der Waals surface area contributed by atoms with Gasteiger partial charge in [0.1, 0.15) is 6.33 Å². The Kier molecular flexibility index (Phi) is 6.05. The van der Waals surface area contributed by atoms with Crippen LogP contribution in [0.1, 0.15) is 41.3 Å². The predicted molar refractivity (Wildman–Crippen MR) is 112 cm³/mol. The molecule has 1 aliphatic heterocycles. The second-order valence-electron chi connectivity index (χ2n) is 7.88. The molecule has 4 rings (SSSR count). The first-order valence-corrected chi connectivity index (χ1v) is 10.3. The molecule has 0 radical (unpaired) electrons. The maximum absolute atomic E-state index is 13.5. The standard InChI is InChI=1S/C22H24F3N5O2/c1-3-4-16-9-14(10-18(32-2)20(16)31)12-29-7-5-15(6-8-29)17-11-19(22(23,24)25)30-21(28-17)26-13-27-30/h3,9-11,13,15,31H,1,4-8,12H2,2H3. The van der Waals surface area contributed by atoms with Gasteiger partial charge >= 0.3 is 6.18 Å². The summed E-state index contributed by atoms with van der Waals surface area (Å²) >= 11 is 0. The highest BCUT2D eigenvalue weighted by molar-refractivity contribution is 5.49. The molecule has 1 fully saturated rings. The maximum atomic E-state index is 13.5. The van der Waals surface area contributed by atoms with Crippen LogP contribution in [0.25, 0.3) is 5.78 Å².